The molecule has 0 N–H and O–H groups in total. The first-order valence-corrected chi connectivity index (χ1v) is 7.19. The lowest BCUT2D eigenvalue weighted by Crippen LogP contribution is -2.02. The van der Waals surface area contributed by atoms with E-state index >= 15 is 0 Å². The maximum atomic E-state index is 3.61. The Balaban J connectivity index is 1.73. The van der Waals surface area contributed by atoms with Crippen LogP contribution in [0.2, 0.25) is 0 Å². The van der Waals surface area contributed by atoms with Crippen LogP contribution in [-0.2, 0) is 0 Å². The highest BCUT2D eigenvalue weighted by Gasteiger charge is 2.40. The Hall–Kier alpha value is 0.0500. The molecule has 14 heavy (non-hydrogen) atoms. The van der Waals surface area contributed by atoms with Gasteiger partial charge in [-0.3, -0.25) is 0 Å². The van der Waals surface area contributed by atoms with Gasteiger partial charge in [0, 0.05) is 10.2 Å². The van der Waals surface area contributed by atoms with E-state index in [1.165, 1.54) is 35.2 Å². The first kappa shape index (κ1) is 10.6. The van der Waals surface area contributed by atoms with Gasteiger partial charge >= 0.3 is 0 Å². The molecule has 0 radical (unpaired) electrons. The highest BCUT2D eigenvalue weighted by atomic mass is 79.9. The minimum atomic E-state index is 0.668. The fourth-order valence-corrected chi connectivity index (χ4v) is 3.49. The van der Waals surface area contributed by atoms with Gasteiger partial charge in [-0.25, -0.2) is 0 Å². The number of thioether (sulfide) groups is 1. The molecule has 0 bridgehead atoms. The van der Waals surface area contributed by atoms with E-state index in [1.54, 1.807) is 0 Å². The quantitative estimate of drug-likeness (QED) is 0.567. The third-order valence-electron chi connectivity index (χ3n) is 2.88. The van der Waals surface area contributed by atoms with Crippen molar-refractivity contribution in [2.24, 2.45) is 5.41 Å². The molecule has 2 heteroatoms. The summed E-state index contributed by atoms with van der Waals surface area (Å²) in [6.45, 7) is 0. The molecule has 76 valence electrons. The van der Waals surface area contributed by atoms with Gasteiger partial charge in [0.25, 0.3) is 0 Å². The molecule has 0 nitrogen and oxygen atoms in total. The number of benzene rings is 1. The number of halogens is 1. The molecule has 2 rings (SSSR count). The zero-order chi connectivity index (χ0) is 9.86. The second kappa shape index (κ2) is 4.71. The lowest BCUT2D eigenvalue weighted by atomic mass is 10.1. The molecule has 1 aromatic carbocycles. The van der Waals surface area contributed by atoms with Crippen LogP contribution in [0.25, 0.3) is 0 Å². The van der Waals surface area contributed by atoms with Gasteiger partial charge < -0.3 is 0 Å². The summed E-state index contributed by atoms with van der Waals surface area (Å²) in [7, 11) is 0. The van der Waals surface area contributed by atoms with Crippen LogP contribution < -0.4 is 0 Å². The number of alkyl halides is 1. The minimum Gasteiger partial charge on any atom is -0.126 e. The molecule has 0 unspecified atom stereocenters. The van der Waals surface area contributed by atoms with Crippen LogP contribution in [0.5, 0.6) is 0 Å². The lowest BCUT2D eigenvalue weighted by molar-refractivity contribution is 0.572. The van der Waals surface area contributed by atoms with E-state index in [0.717, 1.165) is 0 Å². The van der Waals surface area contributed by atoms with E-state index in [0.29, 0.717) is 5.41 Å². The molecule has 0 saturated heterocycles. The summed E-state index contributed by atoms with van der Waals surface area (Å²) in [6, 6.07) is 10.7. The molecule has 0 heterocycles. The van der Waals surface area contributed by atoms with E-state index in [9.17, 15) is 0 Å². The molecule has 0 aromatic heterocycles. The molecule has 0 aliphatic heterocycles. The summed E-state index contributed by atoms with van der Waals surface area (Å²) >= 11 is 5.59. The molecule has 1 aliphatic rings. The van der Waals surface area contributed by atoms with Crippen molar-refractivity contribution in [3.63, 3.8) is 0 Å². The van der Waals surface area contributed by atoms with E-state index in [1.807, 2.05) is 11.8 Å². The van der Waals surface area contributed by atoms with Crippen LogP contribution >= 0.6 is 27.7 Å². The van der Waals surface area contributed by atoms with Crippen LogP contribution in [0.3, 0.4) is 0 Å². The van der Waals surface area contributed by atoms with Gasteiger partial charge in [-0.05, 0) is 42.6 Å². The molecular formula is C12H15BrS. The average molecular weight is 271 g/mol. The van der Waals surface area contributed by atoms with Crippen LogP contribution in [0.15, 0.2) is 35.2 Å². The number of hydrogen-bond donors (Lipinski definition) is 0. The maximum Gasteiger partial charge on any atom is 0.00882 e. The van der Waals surface area contributed by atoms with Crippen LogP contribution in [0.4, 0.5) is 0 Å². The molecule has 1 fully saturated rings. The number of rotatable bonds is 5. The summed E-state index contributed by atoms with van der Waals surface area (Å²) in [5, 5.41) is 1.19. The highest BCUT2D eigenvalue weighted by Crippen LogP contribution is 2.50. The normalized spacial score (nSPS) is 18.1. The fourth-order valence-electron chi connectivity index (χ4n) is 1.53. The molecule has 1 saturated carbocycles. The average Bonchev–Trinajstić information content (AvgIpc) is 3.00. The monoisotopic (exact) mass is 270 g/mol. The standard InChI is InChI=1S/C12H15BrS/c13-10-12(6-7-12)8-9-14-11-4-2-1-3-5-11/h1-5H,6-10H2. The molecule has 0 spiro atoms. The third-order valence-corrected chi connectivity index (χ3v) is 5.09. The Labute approximate surface area is 98.6 Å². The molecule has 0 amide bonds. The van der Waals surface area contributed by atoms with Crippen molar-refractivity contribution < 1.29 is 0 Å². The predicted octanol–water partition coefficient (Wildman–Crippen LogP) is 4.34. The molecule has 0 atom stereocenters. The Morgan fingerprint density at radius 2 is 1.93 bits per heavy atom. The van der Waals surface area contributed by atoms with Gasteiger partial charge in [0.1, 0.15) is 0 Å². The van der Waals surface area contributed by atoms with Crippen molar-refractivity contribution in [1.82, 2.24) is 0 Å². The zero-order valence-electron chi connectivity index (χ0n) is 8.21. The first-order valence-electron chi connectivity index (χ1n) is 5.08. The maximum absolute atomic E-state index is 3.61. The lowest BCUT2D eigenvalue weighted by Gasteiger charge is -2.09. The third kappa shape index (κ3) is 2.77. The van der Waals surface area contributed by atoms with Crippen molar-refractivity contribution in [2.45, 2.75) is 24.2 Å². The van der Waals surface area contributed by atoms with Crippen LogP contribution in [0, 0.1) is 5.41 Å². The van der Waals surface area contributed by atoms with E-state index in [-0.39, 0.29) is 0 Å². The first-order chi connectivity index (χ1) is 6.85. The van der Waals surface area contributed by atoms with Crippen molar-refractivity contribution in [2.75, 3.05) is 11.1 Å². The SMILES string of the molecule is BrCC1(CCSc2ccccc2)CC1. The Morgan fingerprint density at radius 3 is 2.50 bits per heavy atom. The number of hydrogen-bond acceptors (Lipinski definition) is 1. The summed E-state index contributed by atoms with van der Waals surface area (Å²) in [6.07, 6.45) is 4.21. The summed E-state index contributed by atoms with van der Waals surface area (Å²) in [5.74, 6) is 1.26. The van der Waals surface area contributed by atoms with E-state index < -0.39 is 0 Å². The summed E-state index contributed by atoms with van der Waals surface area (Å²) in [5.41, 5.74) is 0.668. The molecule has 1 aromatic rings. The van der Waals surface area contributed by atoms with E-state index in [2.05, 4.69) is 46.3 Å². The molecular weight excluding hydrogens is 256 g/mol. The van der Waals surface area contributed by atoms with Crippen LogP contribution in [0.1, 0.15) is 19.3 Å². The van der Waals surface area contributed by atoms with E-state index in [4.69, 9.17) is 0 Å². The second-order valence-corrected chi connectivity index (χ2v) is 5.77. The predicted molar refractivity (Wildman–Crippen MR) is 67.2 cm³/mol. The largest absolute Gasteiger partial charge is 0.126 e. The Bertz CT molecular complexity index is 280. The van der Waals surface area contributed by atoms with Gasteiger partial charge in [0.15, 0.2) is 0 Å². The Morgan fingerprint density at radius 1 is 1.21 bits per heavy atom. The minimum absolute atomic E-state index is 0.668. The van der Waals surface area contributed by atoms with Gasteiger partial charge in [0.2, 0.25) is 0 Å². The fraction of sp³-hybridized carbons (Fsp3) is 0.500. The van der Waals surface area contributed by atoms with Crippen molar-refractivity contribution in [1.29, 1.82) is 0 Å². The highest BCUT2D eigenvalue weighted by molar-refractivity contribution is 9.09. The Kier molecular flexibility index (Phi) is 3.56. The van der Waals surface area contributed by atoms with Crippen molar-refractivity contribution >= 4 is 27.7 Å². The van der Waals surface area contributed by atoms with Crippen molar-refractivity contribution in [3.05, 3.63) is 30.3 Å². The second-order valence-electron chi connectivity index (χ2n) is 4.05. The van der Waals surface area contributed by atoms with Crippen LogP contribution in [-0.4, -0.2) is 11.1 Å². The summed E-state index contributed by atoms with van der Waals surface area (Å²) < 4.78 is 0. The summed E-state index contributed by atoms with van der Waals surface area (Å²) in [4.78, 5) is 1.40. The smallest absolute Gasteiger partial charge is 0.00882 e. The topological polar surface area (TPSA) is 0 Å². The van der Waals surface area contributed by atoms with Crippen molar-refractivity contribution in [3.8, 4) is 0 Å². The van der Waals surface area contributed by atoms with Gasteiger partial charge in [-0.1, -0.05) is 34.1 Å². The van der Waals surface area contributed by atoms with Gasteiger partial charge in [0.05, 0.1) is 0 Å². The molecule has 1 aliphatic carbocycles. The van der Waals surface area contributed by atoms with Gasteiger partial charge in [-0.15, -0.1) is 11.8 Å². The zero-order valence-corrected chi connectivity index (χ0v) is 10.6. The van der Waals surface area contributed by atoms with Gasteiger partial charge in [-0.2, -0.15) is 0 Å².